The van der Waals surface area contributed by atoms with Crippen LogP contribution in [0.15, 0.2) is 36.4 Å². The Hall–Kier alpha value is -2.68. The fraction of sp³-hybridized carbons (Fsp3) is 0.350. The number of nitro benzene ring substituents is 1. The summed E-state index contributed by atoms with van der Waals surface area (Å²) in [4.78, 5) is 27.7. The topological polar surface area (TPSA) is 90.8 Å². The number of anilines is 2. The highest BCUT2D eigenvalue weighted by Gasteiger charge is 2.23. The maximum Gasteiger partial charge on any atom is 0.294 e. The van der Waals surface area contributed by atoms with Crippen LogP contribution in [-0.2, 0) is 6.54 Å². The van der Waals surface area contributed by atoms with E-state index in [0.717, 1.165) is 38.3 Å². The van der Waals surface area contributed by atoms with E-state index in [1.807, 2.05) is 36.0 Å². The Morgan fingerprint density at radius 1 is 1.24 bits per heavy atom. The van der Waals surface area contributed by atoms with E-state index in [4.69, 9.17) is 11.6 Å². The Morgan fingerprint density at radius 3 is 2.48 bits per heavy atom. The average molecular weight is 418 g/mol. The first-order valence-corrected chi connectivity index (χ1v) is 9.71. The second-order valence-corrected chi connectivity index (χ2v) is 7.61. The number of carbonyl (C=O) groups excluding carboxylic acids is 1. The lowest BCUT2D eigenvalue weighted by molar-refractivity contribution is -0.383. The molecule has 1 saturated heterocycles. The molecule has 0 atom stereocenters. The number of hydrogen-bond acceptors (Lipinski definition) is 6. The van der Waals surface area contributed by atoms with E-state index < -0.39 is 10.8 Å². The lowest BCUT2D eigenvalue weighted by atomic mass is 10.1. The van der Waals surface area contributed by atoms with Crippen LogP contribution in [0.25, 0.3) is 0 Å². The number of halogens is 1. The largest absolute Gasteiger partial charge is 0.368 e. The Labute approximate surface area is 174 Å². The SMILES string of the molecule is CN(C)Cc1ccc(C(=O)Nc2cc(N3CCNCC3)c(Cl)cc2[N+](=O)[O-])cc1. The van der Waals surface area contributed by atoms with Crippen molar-refractivity contribution in [3.63, 3.8) is 0 Å². The first-order chi connectivity index (χ1) is 13.8. The van der Waals surface area contributed by atoms with Gasteiger partial charge in [0.25, 0.3) is 11.6 Å². The van der Waals surface area contributed by atoms with Crippen LogP contribution in [0, 0.1) is 10.1 Å². The number of carbonyl (C=O) groups is 1. The van der Waals surface area contributed by atoms with E-state index in [1.54, 1.807) is 18.2 Å². The average Bonchev–Trinajstić information content (AvgIpc) is 2.69. The highest BCUT2D eigenvalue weighted by atomic mass is 35.5. The highest BCUT2D eigenvalue weighted by Crippen LogP contribution is 2.36. The zero-order valence-electron chi connectivity index (χ0n) is 16.4. The lowest BCUT2D eigenvalue weighted by Gasteiger charge is -2.30. The molecule has 2 N–H and O–H groups in total. The van der Waals surface area contributed by atoms with Crippen molar-refractivity contribution in [1.82, 2.24) is 10.2 Å². The van der Waals surface area contributed by atoms with Crippen molar-refractivity contribution in [2.45, 2.75) is 6.54 Å². The lowest BCUT2D eigenvalue weighted by Crippen LogP contribution is -2.43. The first kappa shape index (κ1) is 21.0. The third-order valence-electron chi connectivity index (χ3n) is 4.68. The molecule has 0 aromatic heterocycles. The van der Waals surface area contributed by atoms with E-state index in [-0.39, 0.29) is 11.4 Å². The van der Waals surface area contributed by atoms with Crippen LogP contribution >= 0.6 is 11.6 Å². The van der Waals surface area contributed by atoms with Gasteiger partial charge in [0.1, 0.15) is 5.69 Å². The van der Waals surface area contributed by atoms with Crippen LogP contribution in [0.1, 0.15) is 15.9 Å². The zero-order valence-corrected chi connectivity index (χ0v) is 17.2. The molecular weight excluding hydrogens is 394 g/mol. The van der Waals surface area contributed by atoms with Gasteiger partial charge in [0.2, 0.25) is 0 Å². The van der Waals surface area contributed by atoms with Gasteiger partial charge in [-0.25, -0.2) is 0 Å². The third kappa shape index (κ3) is 5.23. The summed E-state index contributed by atoms with van der Waals surface area (Å²) >= 11 is 6.31. The quantitative estimate of drug-likeness (QED) is 0.554. The van der Waals surface area contributed by atoms with Gasteiger partial charge >= 0.3 is 0 Å². The molecule has 1 fully saturated rings. The molecule has 2 aromatic rings. The molecule has 1 aliphatic rings. The number of rotatable bonds is 6. The van der Waals surface area contributed by atoms with Crippen LogP contribution in [-0.4, -0.2) is 56.0 Å². The molecule has 0 radical (unpaired) electrons. The Bertz CT molecular complexity index is 896. The Morgan fingerprint density at radius 2 is 1.90 bits per heavy atom. The molecule has 0 saturated carbocycles. The Kier molecular flexibility index (Phi) is 6.68. The maximum absolute atomic E-state index is 12.7. The fourth-order valence-electron chi connectivity index (χ4n) is 3.27. The minimum Gasteiger partial charge on any atom is -0.368 e. The summed E-state index contributed by atoms with van der Waals surface area (Å²) in [6, 6.07) is 10.1. The summed E-state index contributed by atoms with van der Waals surface area (Å²) in [7, 11) is 3.94. The van der Waals surface area contributed by atoms with E-state index in [0.29, 0.717) is 16.3 Å². The number of amides is 1. The smallest absolute Gasteiger partial charge is 0.294 e. The predicted octanol–water partition coefficient (Wildman–Crippen LogP) is 2.97. The minimum absolute atomic E-state index is 0.135. The normalized spacial score (nSPS) is 14.1. The zero-order chi connectivity index (χ0) is 21.0. The van der Waals surface area contributed by atoms with Gasteiger partial charge in [-0.05, 0) is 37.9 Å². The molecule has 0 spiro atoms. The number of nitrogens with zero attached hydrogens (tertiary/aromatic N) is 3. The second-order valence-electron chi connectivity index (χ2n) is 7.20. The van der Waals surface area contributed by atoms with Crippen molar-refractivity contribution < 1.29 is 9.72 Å². The van der Waals surface area contributed by atoms with Crippen molar-refractivity contribution in [1.29, 1.82) is 0 Å². The number of nitro groups is 1. The maximum atomic E-state index is 12.7. The van der Waals surface area contributed by atoms with Crippen molar-refractivity contribution in [3.05, 3.63) is 62.7 Å². The number of piperazine rings is 1. The predicted molar refractivity (Wildman–Crippen MR) is 115 cm³/mol. The molecule has 1 amide bonds. The second kappa shape index (κ2) is 9.21. The minimum atomic E-state index is -0.538. The highest BCUT2D eigenvalue weighted by molar-refractivity contribution is 6.33. The molecule has 2 aromatic carbocycles. The standard InChI is InChI=1S/C20H24ClN5O3/c1-24(2)13-14-3-5-15(6-4-14)20(27)23-17-12-18(25-9-7-22-8-10-25)16(21)11-19(17)26(28)29/h3-6,11-12,22H,7-10,13H2,1-2H3,(H,23,27). The van der Waals surface area contributed by atoms with Crippen LogP contribution in [0.4, 0.5) is 17.1 Å². The van der Waals surface area contributed by atoms with Gasteiger partial charge in [-0.1, -0.05) is 23.7 Å². The van der Waals surface area contributed by atoms with Gasteiger partial charge in [0.05, 0.1) is 15.6 Å². The van der Waals surface area contributed by atoms with Crippen LogP contribution in [0.5, 0.6) is 0 Å². The molecule has 0 bridgehead atoms. The molecule has 0 aliphatic carbocycles. The number of nitrogens with one attached hydrogen (secondary N) is 2. The van der Waals surface area contributed by atoms with Gasteiger partial charge in [0.15, 0.2) is 0 Å². The third-order valence-corrected chi connectivity index (χ3v) is 4.99. The van der Waals surface area contributed by atoms with E-state index >= 15 is 0 Å². The van der Waals surface area contributed by atoms with Crippen LogP contribution in [0.3, 0.4) is 0 Å². The molecule has 1 heterocycles. The molecule has 8 nitrogen and oxygen atoms in total. The summed E-state index contributed by atoms with van der Waals surface area (Å²) in [6.07, 6.45) is 0. The molecule has 29 heavy (non-hydrogen) atoms. The van der Waals surface area contributed by atoms with Crippen LogP contribution in [0.2, 0.25) is 5.02 Å². The molecular formula is C20H24ClN5O3. The van der Waals surface area contributed by atoms with Crippen LogP contribution < -0.4 is 15.5 Å². The summed E-state index contributed by atoms with van der Waals surface area (Å²) < 4.78 is 0. The van der Waals surface area contributed by atoms with Crippen molar-refractivity contribution in [3.8, 4) is 0 Å². The van der Waals surface area contributed by atoms with Gasteiger partial charge in [-0.2, -0.15) is 0 Å². The summed E-state index contributed by atoms with van der Waals surface area (Å²) in [5, 5.41) is 17.7. The summed E-state index contributed by atoms with van der Waals surface area (Å²) in [5.41, 5.74) is 2.09. The van der Waals surface area contributed by atoms with Crippen molar-refractivity contribution >= 4 is 34.6 Å². The van der Waals surface area contributed by atoms with Gasteiger partial charge in [-0.15, -0.1) is 0 Å². The Balaban J connectivity index is 1.86. The number of benzene rings is 2. The van der Waals surface area contributed by atoms with Crippen molar-refractivity contribution in [2.75, 3.05) is 50.5 Å². The van der Waals surface area contributed by atoms with Crippen molar-refractivity contribution in [2.24, 2.45) is 0 Å². The van der Waals surface area contributed by atoms with E-state index in [2.05, 4.69) is 10.6 Å². The monoisotopic (exact) mass is 417 g/mol. The van der Waals surface area contributed by atoms with E-state index in [1.165, 1.54) is 6.07 Å². The fourth-order valence-corrected chi connectivity index (χ4v) is 3.55. The molecule has 3 rings (SSSR count). The molecule has 0 unspecified atom stereocenters. The van der Waals surface area contributed by atoms with E-state index in [9.17, 15) is 14.9 Å². The first-order valence-electron chi connectivity index (χ1n) is 9.34. The van der Waals surface area contributed by atoms with Gasteiger partial charge in [-0.3, -0.25) is 14.9 Å². The van der Waals surface area contributed by atoms with Gasteiger partial charge in [0, 0.05) is 44.4 Å². The molecule has 9 heteroatoms. The summed E-state index contributed by atoms with van der Waals surface area (Å²) in [6.45, 7) is 3.83. The number of hydrogen-bond donors (Lipinski definition) is 2. The van der Waals surface area contributed by atoms with Gasteiger partial charge < -0.3 is 20.4 Å². The molecule has 154 valence electrons. The molecule has 1 aliphatic heterocycles. The summed E-state index contributed by atoms with van der Waals surface area (Å²) in [5.74, 6) is -0.405.